The minimum absolute atomic E-state index is 0.142. The van der Waals surface area contributed by atoms with Crippen LogP contribution in [0.5, 0.6) is 0 Å². The Bertz CT molecular complexity index is 545. The highest BCUT2D eigenvalue weighted by molar-refractivity contribution is 7.86. The first kappa shape index (κ1) is 13.0. The van der Waals surface area contributed by atoms with Crippen molar-refractivity contribution in [3.8, 4) is 0 Å². The van der Waals surface area contributed by atoms with Crippen LogP contribution in [-0.4, -0.2) is 71.2 Å². The molecule has 9 heteroatoms. The zero-order chi connectivity index (χ0) is 13.5. The Hall–Kier alpha value is -1.03. The standard InChI is InChI=1S/C10H17N5O3S/c1-13-8-11-12-10(13)9-6-15(7-9)19(16,17)14-2-4-18-5-3-14/h8-9H,2-7H2,1H3. The summed E-state index contributed by atoms with van der Waals surface area (Å²) >= 11 is 0. The number of rotatable bonds is 3. The van der Waals surface area contributed by atoms with Gasteiger partial charge >= 0.3 is 0 Å². The molecular weight excluding hydrogens is 270 g/mol. The highest BCUT2D eigenvalue weighted by Crippen LogP contribution is 2.29. The van der Waals surface area contributed by atoms with Gasteiger partial charge in [0.25, 0.3) is 10.2 Å². The maximum absolute atomic E-state index is 12.3. The second-order valence-electron chi connectivity index (χ2n) is 4.83. The summed E-state index contributed by atoms with van der Waals surface area (Å²) in [5.41, 5.74) is 0. The van der Waals surface area contributed by atoms with Crippen molar-refractivity contribution in [1.29, 1.82) is 0 Å². The minimum atomic E-state index is -3.33. The molecule has 0 aromatic carbocycles. The molecule has 8 nitrogen and oxygen atoms in total. The van der Waals surface area contributed by atoms with Crippen LogP contribution in [0.15, 0.2) is 6.33 Å². The van der Waals surface area contributed by atoms with Crippen LogP contribution >= 0.6 is 0 Å². The van der Waals surface area contributed by atoms with Crippen LogP contribution in [0.2, 0.25) is 0 Å². The van der Waals surface area contributed by atoms with Crippen LogP contribution in [0.25, 0.3) is 0 Å². The SMILES string of the molecule is Cn1cnnc1C1CN(S(=O)(=O)N2CCOCC2)C1. The van der Waals surface area contributed by atoms with E-state index in [-0.39, 0.29) is 5.92 Å². The van der Waals surface area contributed by atoms with Gasteiger partial charge in [0.1, 0.15) is 12.2 Å². The molecule has 2 saturated heterocycles. The average molecular weight is 287 g/mol. The summed E-state index contributed by atoms with van der Waals surface area (Å²) in [4.78, 5) is 0. The minimum Gasteiger partial charge on any atom is -0.379 e. The van der Waals surface area contributed by atoms with E-state index in [2.05, 4.69) is 10.2 Å². The van der Waals surface area contributed by atoms with E-state index in [0.717, 1.165) is 5.82 Å². The van der Waals surface area contributed by atoms with Crippen LogP contribution in [0.3, 0.4) is 0 Å². The van der Waals surface area contributed by atoms with Crippen molar-refractivity contribution in [3.05, 3.63) is 12.2 Å². The van der Waals surface area contributed by atoms with Gasteiger partial charge in [0.05, 0.1) is 13.2 Å². The molecule has 0 spiro atoms. The second-order valence-corrected chi connectivity index (χ2v) is 6.76. The fraction of sp³-hybridized carbons (Fsp3) is 0.800. The number of aryl methyl sites for hydroxylation is 1. The van der Waals surface area contributed by atoms with Gasteiger partial charge in [0.2, 0.25) is 0 Å². The van der Waals surface area contributed by atoms with E-state index in [1.807, 2.05) is 11.6 Å². The molecule has 0 amide bonds. The molecule has 0 bridgehead atoms. The molecule has 3 rings (SSSR count). The second kappa shape index (κ2) is 4.82. The van der Waals surface area contributed by atoms with E-state index >= 15 is 0 Å². The third kappa shape index (κ3) is 2.27. The zero-order valence-corrected chi connectivity index (χ0v) is 11.6. The molecule has 0 N–H and O–H groups in total. The molecule has 19 heavy (non-hydrogen) atoms. The van der Waals surface area contributed by atoms with E-state index in [0.29, 0.717) is 39.4 Å². The van der Waals surface area contributed by atoms with Gasteiger partial charge in [-0.25, -0.2) is 0 Å². The largest absolute Gasteiger partial charge is 0.379 e. The number of hydrogen-bond donors (Lipinski definition) is 0. The van der Waals surface area contributed by atoms with Gasteiger partial charge < -0.3 is 9.30 Å². The van der Waals surface area contributed by atoms with E-state index in [9.17, 15) is 8.42 Å². The lowest BCUT2D eigenvalue weighted by Crippen LogP contribution is -2.56. The van der Waals surface area contributed by atoms with Crippen molar-refractivity contribution in [2.75, 3.05) is 39.4 Å². The molecule has 1 aromatic heterocycles. The van der Waals surface area contributed by atoms with E-state index in [1.165, 1.54) is 8.61 Å². The number of hydrogen-bond acceptors (Lipinski definition) is 5. The molecule has 0 aliphatic carbocycles. The molecule has 0 atom stereocenters. The van der Waals surface area contributed by atoms with E-state index < -0.39 is 10.2 Å². The van der Waals surface area contributed by atoms with Gasteiger partial charge in [-0.05, 0) is 0 Å². The lowest BCUT2D eigenvalue weighted by atomic mass is 10.0. The van der Waals surface area contributed by atoms with Crippen molar-refractivity contribution in [1.82, 2.24) is 23.4 Å². The molecule has 2 aliphatic heterocycles. The Labute approximate surface area is 112 Å². The maximum Gasteiger partial charge on any atom is 0.282 e. The number of nitrogens with zero attached hydrogens (tertiary/aromatic N) is 5. The van der Waals surface area contributed by atoms with Crippen molar-refractivity contribution in [3.63, 3.8) is 0 Å². The molecule has 0 unspecified atom stereocenters. The van der Waals surface area contributed by atoms with Crippen molar-refractivity contribution < 1.29 is 13.2 Å². The lowest BCUT2D eigenvalue weighted by molar-refractivity contribution is 0.0679. The van der Waals surface area contributed by atoms with Crippen LogP contribution in [0, 0.1) is 0 Å². The third-order valence-electron chi connectivity index (χ3n) is 3.58. The Morgan fingerprint density at radius 1 is 1.26 bits per heavy atom. The van der Waals surface area contributed by atoms with Gasteiger partial charge in [-0.15, -0.1) is 10.2 Å². The summed E-state index contributed by atoms with van der Waals surface area (Å²) in [6, 6.07) is 0. The first-order valence-corrected chi connectivity index (χ1v) is 7.65. The quantitative estimate of drug-likeness (QED) is 0.697. The lowest BCUT2D eigenvalue weighted by Gasteiger charge is -2.40. The predicted molar refractivity (Wildman–Crippen MR) is 66.6 cm³/mol. The maximum atomic E-state index is 12.3. The predicted octanol–water partition coefficient (Wildman–Crippen LogP) is -1.21. The van der Waals surface area contributed by atoms with Crippen molar-refractivity contribution >= 4 is 10.2 Å². The van der Waals surface area contributed by atoms with Gasteiger partial charge in [-0.3, -0.25) is 0 Å². The van der Waals surface area contributed by atoms with Crippen LogP contribution in [0.1, 0.15) is 11.7 Å². The summed E-state index contributed by atoms with van der Waals surface area (Å²) in [5, 5.41) is 7.84. The van der Waals surface area contributed by atoms with Crippen LogP contribution in [0.4, 0.5) is 0 Å². The summed E-state index contributed by atoms with van der Waals surface area (Å²) in [5.74, 6) is 0.983. The highest BCUT2D eigenvalue weighted by atomic mass is 32.2. The molecule has 0 saturated carbocycles. The normalized spacial score (nSPS) is 23.4. The van der Waals surface area contributed by atoms with Gasteiger partial charge in [-0.1, -0.05) is 0 Å². The van der Waals surface area contributed by atoms with Crippen molar-refractivity contribution in [2.45, 2.75) is 5.92 Å². The van der Waals surface area contributed by atoms with Crippen molar-refractivity contribution in [2.24, 2.45) is 7.05 Å². The van der Waals surface area contributed by atoms with E-state index in [1.54, 1.807) is 6.33 Å². The summed E-state index contributed by atoms with van der Waals surface area (Å²) < 4.78 is 34.6. The zero-order valence-electron chi connectivity index (χ0n) is 10.8. The Kier molecular flexibility index (Phi) is 3.29. The number of morpholine rings is 1. The fourth-order valence-electron chi connectivity index (χ4n) is 2.39. The van der Waals surface area contributed by atoms with Crippen LogP contribution in [-0.2, 0) is 22.0 Å². The molecule has 106 valence electrons. The Morgan fingerprint density at radius 3 is 2.53 bits per heavy atom. The molecular formula is C10H17N5O3S. The van der Waals surface area contributed by atoms with Crippen LogP contribution < -0.4 is 0 Å². The first-order chi connectivity index (χ1) is 9.09. The van der Waals surface area contributed by atoms with Gasteiger partial charge in [0.15, 0.2) is 0 Å². The molecule has 2 fully saturated rings. The summed E-state index contributed by atoms with van der Waals surface area (Å²) in [6.07, 6.45) is 1.63. The summed E-state index contributed by atoms with van der Waals surface area (Å²) in [6.45, 7) is 2.78. The number of ether oxygens (including phenoxy) is 1. The fourth-order valence-corrected chi connectivity index (χ4v) is 4.07. The highest BCUT2D eigenvalue weighted by Gasteiger charge is 2.41. The molecule has 2 aliphatic rings. The molecule has 1 aromatic rings. The average Bonchev–Trinajstić information content (AvgIpc) is 2.75. The van der Waals surface area contributed by atoms with Gasteiger partial charge in [-0.2, -0.15) is 17.0 Å². The molecule has 0 radical (unpaired) electrons. The third-order valence-corrected chi connectivity index (χ3v) is 5.55. The first-order valence-electron chi connectivity index (χ1n) is 6.26. The number of aromatic nitrogens is 3. The molecule has 3 heterocycles. The van der Waals surface area contributed by atoms with E-state index in [4.69, 9.17) is 4.74 Å². The summed E-state index contributed by atoms with van der Waals surface area (Å²) in [7, 11) is -1.46. The smallest absolute Gasteiger partial charge is 0.282 e. The monoisotopic (exact) mass is 287 g/mol. The van der Waals surface area contributed by atoms with Gasteiger partial charge in [0, 0.05) is 39.1 Å². The topological polar surface area (TPSA) is 80.6 Å². The Morgan fingerprint density at radius 2 is 1.95 bits per heavy atom. The Balaban J connectivity index is 1.65.